The van der Waals surface area contributed by atoms with Crippen LogP contribution in [0, 0.1) is 0 Å². The first-order valence-electron chi connectivity index (χ1n) is 6.06. The Morgan fingerprint density at radius 3 is 1.76 bits per heavy atom. The van der Waals surface area contributed by atoms with Crippen LogP contribution in [-0.4, -0.2) is 28.2 Å². The molecule has 0 rings (SSSR count). The fraction of sp³-hybridized carbons (Fsp3) is 0.833. The second-order valence-corrected chi connectivity index (χ2v) is 4.84. The molecule has 5 heteroatoms. The monoisotopic (exact) mass is 244 g/mol. The van der Waals surface area contributed by atoms with Crippen molar-refractivity contribution in [3.05, 3.63) is 0 Å². The third-order valence-electron chi connectivity index (χ3n) is 3.54. The molecule has 3 N–H and O–H groups in total. The van der Waals surface area contributed by atoms with Gasteiger partial charge in [-0.25, -0.2) is 9.59 Å². The van der Waals surface area contributed by atoms with Crippen LogP contribution < -0.4 is 10.6 Å². The standard InChI is InChI=1S/C12H24N2O3/c1-6-11(4,7-2)13-10(17)14-12(5,8-3)9(15)16/h6-8H2,1-5H3,(H,15,16)(H2,13,14,17). The molecule has 1 unspecified atom stereocenters. The van der Waals surface area contributed by atoms with Crippen molar-refractivity contribution in [1.29, 1.82) is 0 Å². The summed E-state index contributed by atoms with van der Waals surface area (Å²) in [5.74, 6) is -1.02. The Kier molecular flexibility index (Phi) is 5.45. The van der Waals surface area contributed by atoms with E-state index >= 15 is 0 Å². The average Bonchev–Trinajstić information content (AvgIpc) is 2.28. The van der Waals surface area contributed by atoms with E-state index in [0.717, 1.165) is 12.8 Å². The van der Waals surface area contributed by atoms with Crippen molar-refractivity contribution in [3.63, 3.8) is 0 Å². The van der Waals surface area contributed by atoms with Gasteiger partial charge in [-0.2, -0.15) is 0 Å². The lowest BCUT2D eigenvalue weighted by molar-refractivity contribution is -0.143. The molecule has 0 fully saturated rings. The number of carboxylic acids is 1. The van der Waals surface area contributed by atoms with E-state index < -0.39 is 17.5 Å². The first-order valence-corrected chi connectivity index (χ1v) is 6.06. The number of nitrogens with one attached hydrogen (secondary N) is 2. The van der Waals surface area contributed by atoms with Crippen molar-refractivity contribution in [3.8, 4) is 0 Å². The van der Waals surface area contributed by atoms with Crippen LogP contribution in [0.25, 0.3) is 0 Å². The van der Waals surface area contributed by atoms with Gasteiger partial charge in [0.25, 0.3) is 0 Å². The highest BCUT2D eigenvalue weighted by atomic mass is 16.4. The average molecular weight is 244 g/mol. The molecule has 0 aromatic carbocycles. The summed E-state index contributed by atoms with van der Waals surface area (Å²) in [6, 6.07) is -0.428. The van der Waals surface area contributed by atoms with E-state index in [0.29, 0.717) is 6.42 Å². The predicted molar refractivity (Wildman–Crippen MR) is 67.0 cm³/mol. The Labute approximate surface area is 103 Å². The van der Waals surface area contributed by atoms with E-state index in [-0.39, 0.29) is 5.54 Å². The van der Waals surface area contributed by atoms with Gasteiger partial charge in [0.2, 0.25) is 0 Å². The maximum Gasteiger partial charge on any atom is 0.329 e. The number of amides is 2. The minimum absolute atomic E-state index is 0.294. The van der Waals surface area contributed by atoms with E-state index in [2.05, 4.69) is 10.6 Å². The molecular weight excluding hydrogens is 220 g/mol. The van der Waals surface area contributed by atoms with Crippen LogP contribution in [0.2, 0.25) is 0 Å². The smallest absolute Gasteiger partial charge is 0.329 e. The molecule has 0 aromatic rings. The molecule has 0 spiro atoms. The molecule has 0 aliphatic carbocycles. The lowest BCUT2D eigenvalue weighted by atomic mass is 9.95. The zero-order chi connectivity index (χ0) is 13.7. The van der Waals surface area contributed by atoms with Crippen LogP contribution in [0.5, 0.6) is 0 Å². The Hall–Kier alpha value is -1.26. The molecule has 1 atom stereocenters. The second kappa shape index (κ2) is 5.89. The molecule has 0 saturated carbocycles. The highest BCUT2D eigenvalue weighted by Crippen LogP contribution is 2.14. The number of aliphatic carboxylic acids is 1. The molecule has 0 heterocycles. The van der Waals surface area contributed by atoms with Gasteiger partial charge in [0.05, 0.1) is 0 Å². The van der Waals surface area contributed by atoms with E-state index in [4.69, 9.17) is 5.11 Å². The maximum atomic E-state index is 11.8. The summed E-state index contributed by atoms with van der Waals surface area (Å²) in [5, 5.41) is 14.4. The van der Waals surface area contributed by atoms with Crippen LogP contribution in [0.3, 0.4) is 0 Å². The number of urea groups is 1. The summed E-state index contributed by atoms with van der Waals surface area (Å²) in [7, 11) is 0. The highest BCUT2D eigenvalue weighted by Gasteiger charge is 2.34. The fourth-order valence-corrected chi connectivity index (χ4v) is 1.28. The van der Waals surface area contributed by atoms with Gasteiger partial charge in [-0.3, -0.25) is 0 Å². The molecule has 0 radical (unpaired) electrons. The number of hydrogen-bond donors (Lipinski definition) is 3. The van der Waals surface area contributed by atoms with Crippen molar-refractivity contribution < 1.29 is 14.7 Å². The fourth-order valence-electron chi connectivity index (χ4n) is 1.28. The molecule has 0 aliphatic rings. The van der Waals surface area contributed by atoms with E-state index in [1.165, 1.54) is 6.92 Å². The number of carbonyl (C=O) groups is 2. The van der Waals surface area contributed by atoms with Crippen LogP contribution in [0.4, 0.5) is 4.79 Å². The molecular formula is C12H24N2O3. The first kappa shape index (κ1) is 15.7. The third kappa shape index (κ3) is 4.24. The van der Waals surface area contributed by atoms with Gasteiger partial charge in [-0.05, 0) is 33.1 Å². The van der Waals surface area contributed by atoms with Crippen molar-refractivity contribution in [2.24, 2.45) is 0 Å². The van der Waals surface area contributed by atoms with Gasteiger partial charge in [0.15, 0.2) is 0 Å². The molecule has 100 valence electrons. The van der Waals surface area contributed by atoms with Gasteiger partial charge < -0.3 is 15.7 Å². The van der Waals surface area contributed by atoms with Crippen molar-refractivity contribution in [2.45, 2.75) is 65.0 Å². The van der Waals surface area contributed by atoms with E-state index in [1.807, 2.05) is 20.8 Å². The maximum absolute atomic E-state index is 11.8. The van der Waals surface area contributed by atoms with Gasteiger partial charge in [-0.1, -0.05) is 20.8 Å². The molecule has 5 nitrogen and oxygen atoms in total. The Morgan fingerprint density at radius 1 is 1.00 bits per heavy atom. The van der Waals surface area contributed by atoms with Crippen LogP contribution in [0.1, 0.15) is 53.9 Å². The lowest BCUT2D eigenvalue weighted by Gasteiger charge is -2.31. The summed E-state index contributed by atoms with van der Waals surface area (Å²) < 4.78 is 0. The Bertz CT molecular complexity index is 287. The minimum Gasteiger partial charge on any atom is -0.480 e. The van der Waals surface area contributed by atoms with E-state index in [1.54, 1.807) is 6.92 Å². The zero-order valence-corrected chi connectivity index (χ0v) is 11.4. The van der Waals surface area contributed by atoms with Crippen LogP contribution >= 0.6 is 0 Å². The molecule has 0 aromatic heterocycles. The molecule has 2 amide bonds. The number of carboxylic acid groups (broad SMARTS) is 1. The van der Waals surface area contributed by atoms with Crippen molar-refractivity contribution in [1.82, 2.24) is 10.6 Å². The van der Waals surface area contributed by atoms with E-state index in [9.17, 15) is 9.59 Å². The first-order chi connectivity index (χ1) is 7.73. The van der Waals surface area contributed by atoms with Crippen molar-refractivity contribution in [2.75, 3.05) is 0 Å². The van der Waals surface area contributed by atoms with Crippen LogP contribution in [0.15, 0.2) is 0 Å². The quantitative estimate of drug-likeness (QED) is 0.669. The van der Waals surface area contributed by atoms with Gasteiger partial charge in [0, 0.05) is 5.54 Å². The number of rotatable bonds is 6. The number of hydrogen-bond acceptors (Lipinski definition) is 2. The summed E-state index contributed by atoms with van der Waals surface area (Å²) >= 11 is 0. The minimum atomic E-state index is -1.22. The lowest BCUT2D eigenvalue weighted by Crippen LogP contribution is -2.58. The Morgan fingerprint density at radius 2 is 1.47 bits per heavy atom. The van der Waals surface area contributed by atoms with Gasteiger partial charge in [-0.15, -0.1) is 0 Å². The Balaban J connectivity index is 4.60. The normalized spacial score (nSPS) is 14.9. The molecule has 0 aliphatic heterocycles. The number of carbonyl (C=O) groups excluding carboxylic acids is 1. The summed E-state index contributed by atoms with van der Waals surface area (Å²) in [6.07, 6.45) is 1.93. The highest BCUT2D eigenvalue weighted by molar-refractivity contribution is 5.86. The van der Waals surface area contributed by atoms with Gasteiger partial charge in [0.1, 0.15) is 5.54 Å². The van der Waals surface area contributed by atoms with Gasteiger partial charge >= 0.3 is 12.0 Å². The third-order valence-corrected chi connectivity index (χ3v) is 3.54. The summed E-state index contributed by atoms with van der Waals surface area (Å²) in [6.45, 7) is 9.15. The largest absolute Gasteiger partial charge is 0.480 e. The van der Waals surface area contributed by atoms with Crippen LogP contribution in [-0.2, 0) is 4.79 Å². The molecule has 0 saturated heterocycles. The topological polar surface area (TPSA) is 78.4 Å². The second-order valence-electron chi connectivity index (χ2n) is 4.84. The molecule has 17 heavy (non-hydrogen) atoms. The SMILES string of the molecule is CCC(C)(CC)NC(=O)NC(C)(CC)C(=O)O. The zero-order valence-electron chi connectivity index (χ0n) is 11.4. The summed E-state index contributed by atoms with van der Waals surface area (Å²) in [5.41, 5.74) is -1.51. The summed E-state index contributed by atoms with van der Waals surface area (Å²) in [4.78, 5) is 22.8. The van der Waals surface area contributed by atoms with Crippen molar-refractivity contribution >= 4 is 12.0 Å². The predicted octanol–water partition coefficient (Wildman–Crippen LogP) is 2.12. The molecule has 0 bridgehead atoms.